The fourth-order valence-electron chi connectivity index (χ4n) is 2.53. The lowest BCUT2D eigenvalue weighted by atomic mass is 10.1. The summed E-state index contributed by atoms with van der Waals surface area (Å²) in [4.78, 5) is 30.1. The number of carbonyl (C=O) groups excluding carboxylic acids is 2. The van der Waals surface area contributed by atoms with Gasteiger partial charge in [-0.3, -0.25) is 4.79 Å². The molecule has 0 fully saturated rings. The molecule has 0 radical (unpaired) electrons. The van der Waals surface area contributed by atoms with Crippen molar-refractivity contribution < 1.29 is 14.3 Å². The number of hydrogen-bond acceptors (Lipinski definition) is 6. The second kappa shape index (κ2) is 10.1. The number of methoxy groups -OCH3 is 1. The van der Waals surface area contributed by atoms with Gasteiger partial charge in [0.1, 0.15) is 0 Å². The number of anilines is 1. The first-order valence-electron chi connectivity index (χ1n) is 8.68. The van der Waals surface area contributed by atoms with Crippen LogP contribution in [0, 0.1) is 0 Å². The van der Waals surface area contributed by atoms with Gasteiger partial charge in [-0.15, -0.1) is 0 Å². The summed E-state index contributed by atoms with van der Waals surface area (Å²) in [5.41, 5.74) is 1.54. The van der Waals surface area contributed by atoms with Gasteiger partial charge in [-0.25, -0.2) is 9.79 Å². The average molecular weight is 363 g/mol. The lowest BCUT2D eigenvalue weighted by molar-refractivity contribution is -0.126. The van der Waals surface area contributed by atoms with E-state index in [-0.39, 0.29) is 5.91 Å². The van der Waals surface area contributed by atoms with Crippen LogP contribution in [0.4, 0.5) is 16.2 Å². The second-order valence-electron chi connectivity index (χ2n) is 5.83. The van der Waals surface area contributed by atoms with Crippen LogP contribution in [0.1, 0.15) is 51.9 Å². The molecule has 0 aromatic heterocycles. The number of nitrogens with one attached hydrogen (secondary N) is 1. The Hall–Kier alpha value is -2.02. The maximum Gasteiger partial charge on any atom is 0.422 e. The van der Waals surface area contributed by atoms with E-state index in [1.165, 1.54) is 26.4 Å². The van der Waals surface area contributed by atoms with Crippen LogP contribution in [-0.2, 0) is 9.53 Å². The normalized spacial score (nSPS) is 12.6. The Morgan fingerprint density at radius 3 is 2.64 bits per heavy atom. The molecule has 1 aromatic carbocycles. The van der Waals surface area contributed by atoms with Crippen LogP contribution in [0.5, 0.6) is 0 Å². The zero-order chi connectivity index (χ0) is 18.1. The van der Waals surface area contributed by atoms with Gasteiger partial charge in [0.2, 0.25) is 11.1 Å². The van der Waals surface area contributed by atoms with Crippen LogP contribution in [0.2, 0.25) is 0 Å². The number of para-hydroxylation sites is 2. The van der Waals surface area contributed by atoms with Gasteiger partial charge in [-0.05, 0) is 18.6 Å². The van der Waals surface area contributed by atoms with Crippen molar-refractivity contribution in [3.63, 3.8) is 0 Å². The molecular formula is C18H25N3O3S. The summed E-state index contributed by atoms with van der Waals surface area (Å²) in [7, 11) is 1.27. The first-order chi connectivity index (χ1) is 12.2. The molecule has 0 aliphatic carbocycles. The fraction of sp³-hybridized carbons (Fsp3) is 0.500. The van der Waals surface area contributed by atoms with E-state index >= 15 is 0 Å². The third-order valence-corrected chi connectivity index (χ3v) is 4.69. The maximum atomic E-state index is 12.5. The Morgan fingerprint density at radius 2 is 1.88 bits per heavy atom. The number of nitrogens with zero attached hydrogens (tertiary/aromatic N) is 2. The molecule has 0 saturated heterocycles. The van der Waals surface area contributed by atoms with Gasteiger partial charge in [0.15, 0.2) is 0 Å². The minimum Gasteiger partial charge on any atom is -0.452 e. The lowest BCUT2D eigenvalue weighted by Gasteiger charge is -2.24. The van der Waals surface area contributed by atoms with Crippen molar-refractivity contribution in [1.29, 1.82) is 0 Å². The van der Waals surface area contributed by atoms with E-state index in [0.29, 0.717) is 17.3 Å². The van der Waals surface area contributed by atoms with Crippen LogP contribution in [0.15, 0.2) is 29.3 Å². The van der Waals surface area contributed by atoms with Crippen molar-refractivity contribution in [3.05, 3.63) is 24.3 Å². The predicted octanol–water partition coefficient (Wildman–Crippen LogP) is 5.09. The highest BCUT2D eigenvalue weighted by molar-refractivity contribution is 8.15. The van der Waals surface area contributed by atoms with Gasteiger partial charge in [0, 0.05) is 18.4 Å². The summed E-state index contributed by atoms with van der Waals surface area (Å²) in [5.74, 6) is -0.283. The Morgan fingerprint density at radius 1 is 1.16 bits per heavy atom. The molecule has 1 aromatic rings. The molecule has 1 aliphatic rings. The Kier molecular flexibility index (Phi) is 7.78. The van der Waals surface area contributed by atoms with Gasteiger partial charge in [-0.1, -0.05) is 51.2 Å². The lowest BCUT2D eigenvalue weighted by Crippen LogP contribution is -2.41. The van der Waals surface area contributed by atoms with Crippen LogP contribution in [-0.4, -0.2) is 29.2 Å². The number of benzene rings is 1. The molecule has 0 unspecified atom stereocenters. The Bertz CT molecular complexity index is 634. The fourth-order valence-corrected chi connectivity index (χ4v) is 3.31. The summed E-state index contributed by atoms with van der Waals surface area (Å²) in [6.45, 7) is 2.17. The molecule has 1 heterocycles. The summed E-state index contributed by atoms with van der Waals surface area (Å²) in [6.07, 6.45) is 6.07. The first-order valence-corrected chi connectivity index (χ1v) is 9.50. The average Bonchev–Trinajstić information content (AvgIpc) is 2.64. The number of ether oxygens (including phenoxy) is 1. The molecule has 0 bridgehead atoms. The smallest absolute Gasteiger partial charge is 0.422 e. The van der Waals surface area contributed by atoms with Crippen LogP contribution >= 0.6 is 11.9 Å². The number of aliphatic imine (C=N–C) groups is 1. The van der Waals surface area contributed by atoms with E-state index in [0.717, 1.165) is 41.8 Å². The number of unbranched alkanes of at least 4 members (excludes halogenated alkanes) is 5. The van der Waals surface area contributed by atoms with Crippen molar-refractivity contribution in [3.8, 4) is 0 Å². The van der Waals surface area contributed by atoms with Gasteiger partial charge in [0.05, 0.1) is 18.5 Å². The van der Waals surface area contributed by atoms with Gasteiger partial charge in [0.25, 0.3) is 0 Å². The Balaban J connectivity index is 2.01. The molecule has 0 spiro atoms. The van der Waals surface area contributed by atoms with Crippen molar-refractivity contribution >= 4 is 40.5 Å². The van der Waals surface area contributed by atoms with Crippen molar-refractivity contribution in [2.45, 2.75) is 51.9 Å². The number of amidine groups is 1. The van der Waals surface area contributed by atoms with Crippen LogP contribution < -0.4 is 4.72 Å². The number of carbonyl (C=O) groups is 2. The summed E-state index contributed by atoms with van der Waals surface area (Å²) in [6, 6.07) is 7.48. The summed E-state index contributed by atoms with van der Waals surface area (Å²) >= 11 is 1.14. The van der Waals surface area contributed by atoms with E-state index in [1.807, 2.05) is 24.3 Å². The predicted molar refractivity (Wildman–Crippen MR) is 102 cm³/mol. The zero-order valence-corrected chi connectivity index (χ0v) is 15.6. The molecule has 2 amide bonds. The number of rotatable bonds is 7. The third-order valence-electron chi connectivity index (χ3n) is 3.91. The zero-order valence-electron chi connectivity index (χ0n) is 14.8. The van der Waals surface area contributed by atoms with Crippen molar-refractivity contribution in [2.24, 2.45) is 4.99 Å². The highest BCUT2D eigenvalue weighted by atomic mass is 32.2. The SMILES string of the molecule is CCCCCCCCC(=O)N(C(=O)OC)C1=Nc2ccccc2NS1. The molecule has 1 N–H and O–H groups in total. The van der Waals surface area contributed by atoms with Crippen LogP contribution in [0.3, 0.4) is 0 Å². The topological polar surface area (TPSA) is 71.0 Å². The van der Waals surface area contributed by atoms with Gasteiger partial charge >= 0.3 is 6.09 Å². The van der Waals surface area contributed by atoms with Crippen molar-refractivity contribution in [2.75, 3.05) is 11.8 Å². The molecule has 0 atom stereocenters. The minimum absolute atomic E-state index is 0.283. The molecule has 7 heteroatoms. The molecule has 1 aliphatic heterocycles. The summed E-state index contributed by atoms with van der Waals surface area (Å²) in [5, 5.41) is 0.293. The third kappa shape index (κ3) is 5.49. The van der Waals surface area contributed by atoms with Gasteiger partial charge in [-0.2, -0.15) is 4.90 Å². The minimum atomic E-state index is -0.705. The molecular weight excluding hydrogens is 338 g/mol. The molecule has 25 heavy (non-hydrogen) atoms. The molecule has 6 nitrogen and oxygen atoms in total. The van der Waals surface area contributed by atoms with E-state index in [9.17, 15) is 9.59 Å². The van der Waals surface area contributed by atoms with Gasteiger partial charge < -0.3 is 9.46 Å². The van der Waals surface area contributed by atoms with Crippen LogP contribution in [0.25, 0.3) is 0 Å². The monoisotopic (exact) mass is 363 g/mol. The van der Waals surface area contributed by atoms with E-state index in [4.69, 9.17) is 4.74 Å². The number of imide groups is 1. The van der Waals surface area contributed by atoms with E-state index < -0.39 is 6.09 Å². The maximum absolute atomic E-state index is 12.5. The quantitative estimate of drug-likeness (QED) is 0.539. The van der Waals surface area contributed by atoms with E-state index in [1.54, 1.807) is 0 Å². The number of fused-ring (bicyclic) bond motifs is 1. The first kappa shape index (κ1) is 19.3. The van der Waals surface area contributed by atoms with E-state index in [2.05, 4.69) is 16.6 Å². The summed E-state index contributed by atoms with van der Waals surface area (Å²) < 4.78 is 7.88. The van der Waals surface area contributed by atoms with Crippen molar-refractivity contribution in [1.82, 2.24) is 4.90 Å². The molecule has 0 saturated carbocycles. The molecule has 2 rings (SSSR count). The number of amides is 2. The highest BCUT2D eigenvalue weighted by Gasteiger charge is 2.30. The highest BCUT2D eigenvalue weighted by Crippen LogP contribution is 2.33. The number of hydrogen-bond donors (Lipinski definition) is 1. The Labute approximate surface area is 153 Å². The standard InChI is InChI=1S/C18H25N3O3S/c1-3-4-5-6-7-8-13-16(22)21(18(23)24-2)17-19-14-11-9-10-12-15(14)20-25-17/h9-12,20H,3-8,13H2,1-2H3. The molecule has 136 valence electrons. The second-order valence-corrected chi connectivity index (χ2v) is 6.61. The largest absolute Gasteiger partial charge is 0.452 e.